The highest BCUT2D eigenvalue weighted by atomic mass is 127. The van der Waals surface area contributed by atoms with Crippen LogP contribution in [0.4, 0.5) is 0 Å². The Labute approximate surface area is 131 Å². The van der Waals surface area contributed by atoms with Gasteiger partial charge in [-0.15, -0.1) is 0 Å². The second-order valence-electron chi connectivity index (χ2n) is 5.23. The first kappa shape index (κ1) is 13.7. The fraction of sp³-hybridized carbons (Fsp3) is 0.400. The molecule has 4 nitrogen and oxygen atoms in total. The highest BCUT2D eigenvalue weighted by Gasteiger charge is 2.22. The molecule has 20 heavy (non-hydrogen) atoms. The first-order valence-corrected chi connectivity index (χ1v) is 7.99. The quantitative estimate of drug-likeness (QED) is 0.832. The van der Waals surface area contributed by atoms with Gasteiger partial charge in [0, 0.05) is 24.7 Å². The van der Waals surface area contributed by atoms with Gasteiger partial charge in [-0.25, -0.2) is 4.98 Å². The molecular formula is C15H16IN3O. The topological polar surface area (TPSA) is 58.6 Å². The molecule has 0 atom stereocenters. The zero-order valence-electron chi connectivity index (χ0n) is 11.1. The molecule has 2 heterocycles. The zero-order chi connectivity index (χ0) is 13.9. The van der Waals surface area contributed by atoms with E-state index in [-0.39, 0.29) is 5.56 Å². The van der Waals surface area contributed by atoms with Gasteiger partial charge < -0.3 is 4.98 Å². The van der Waals surface area contributed by atoms with Crippen LogP contribution in [-0.4, -0.2) is 15.0 Å². The lowest BCUT2D eigenvalue weighted by atomic mass is 10.0. The summed E-state index contributed by atoms with van der Waals surface area (Å²) in [4.78, 5) is 23.8. The van der Waals surface area contributed by atoms with Crippen molar-refractivity contribution in [3.05, 3.63) is 55.5 Å². The Morgan fingerprint density at radius 3 is 2.85 bits per heavy atom. The molecule has 2 aromatic rings. The predicted octanol–water partition coefficient (Wildman–Crippen LogP) is 3.02. The molecule has 2 aromatic heterocycles. The number of aromatic amines is 1. The second kappa shape index (κ2) is 6.03. The molecule has 3 rings (SSSR count). The SMILES string of the molecule is O=c1[nH]c(Cc2cccnc2)nc(C2CCCC2)c1I. The Bertz CT molecular complexity index is 648. The standard InChI is InChI=1S/C15H16IN3O/c16-13-14(11-5-1-2-6-11)18-12(19-15(13)20)8-10-4-3-7-17-9-10/h3-4,7,9,11H,1-2,5-6,8H2,(H,18,19,20). The highest BCUT2D eigenvalue weighted by molar-refractivity contribution is 14.1. The van der Waals surface area contributed by atoms with Crippen molar-refractivity contribution >= 4 is 22.6 Å². The van der Waals surface area contributed by atoms with Gasteiger partial charge >= 0.3 is 0 Å². The van der Waals surface area contributed by atoms with E-state index in [1.54, 1.807) is 6.20 Å². The number of hydrogen-bond donors (Lipinski definition) is 1. The van der Waals surface area contributed by atoms with Crippen molar-refractivity contribution in [2.45, 2.75) is 38.0 Å². The maximum Gasteiger partial charge on any atom is 0.264 e. The lowest BCUT2D eigenvalue weighted by molar-refractivity contribution is 0.676. The van der Waals surface area contributed by atoms with E-state index in [4.69, 9.17) is 4.98 Å². The molecule has 1 aliphatic carbocycles. The van der Waals surface area contributed by atoms with Gasteiger partial charge in [-0.1, -0.05) is 18.9 Å². The van der Waals surface area contributed by atoms with Crippen LogP contribution in [-0.2, 0) is 6.42 Å². The van der Waals surface area contributed by atoms with Crippen LogP contribution in [0.15, 0.2) is 29.3 Å². The molecule has 1 saturated carbocycles. The first-order chi connectivity index (χ1) is 9.74. The minimum atomic E-state index is -0.0126. The van der Waals surface area contributed by atoms with Crippen molar-refractivity contribution in [1.29, 1.82) is 0 Å². The second-order valence-corrected chi connectivity index (χ2v) is 6.31. The Kier molecular flexibility index (Phi) is 4.14. The zero-order valence-corrected chi connectivity index (χ0v) is 13.3. The monoisotopic (exact) mass is 381 g/mol. The average molecular weight is 381 g/mol. The number of H-pyrrole nitrogens is 1. The van der Waals surface area contributed by atoms with Gasteiger partial charge in [0.25, 0.3) is 5.56 Å². The van der Waals surface area contributed by atoms with Crippen molar-refractivity contribution in [1.82, 2.24) is 15.0 Å². The number of nitrogens with zero attached hydrogens (tertiary/aromatic N) is 2. The van der Waals surface area contributed by atoms with Crippen LogP contribution in [0, 0.1) is 3.57 Å². The fourth-order valence-corrected chi connectivity index (χ4v) is 3.47. The Hall–Kier alpha value is -1.24. The van der Waals surface area contributed by atoms with Gasteiger partial charge in [-0.05, 0) is 47.1 Å². The first-order valence-electron chi connectivity index (χ1n) is 6.91. The summed E-state index contributed by atoms with van der Waals surface area (Å²) >= 11 is 2.12. The van der Waals surface area contributed by atoms with Gasteiger partial charge in [0.2, 0.25) is 0 Å². The van der Waals surface area contributed by atoms with Crippen LogP contribution < -0.4 is 5.56 Å². The molecular weight excluding hydrogens is 365 g/mol. The Morgan fingerprint density at radius 2 is 2.15 bits per heavy atom. The summed E-state index contributed by atoms with van der Waals surface area (Å²) in [5.74, 6) is 1.20. The Balaban J connectivity index is 1.94. The summed E-state index contributed by atoms with van der Waals surface area (Å²) in [6, 6.07) is 3.90. The molecule has 0 aromatic carbocycles. The highest BCUT2D eigenvalue weighted by Crippen LogP contribution is 2.34. The van der Waals surface area contributed by atoms with Crippen LogP contribution in [0.1, 0.15) is 48.7 Å². The van der Waals surface area contributed by atoms with Crippen molar-refractivity contribution < 1.29 is 0 Å². The molecule has 0 aliphatic heterocycles. The minimum absolute atomic E-state index is 0.0126. The van der Waals surface area contributed by atoms with Crippen molar-refractivity contribution in [2.24, 2.45) is 0 Å². The van der Waals surface area contributed by atoms with Gasteiger partial charge in [0.1, 0.15) is 5.82 Å². The van der Waals surface area contributed by atoms with E-state index >= 15 is 0 Å². The minimum Gasteiger partial charge on any atom is -0.309 e. The molecule has 0 spiro atoms. The van der Waals surface area contributed by atoms with E-state index in [0.29, 0.717) is 12.3 Å². The number of pyridine rings is 1. The summed E-state index contributed by atoms with van der Waals surface area (Å²) in [7, 11) is 0. The van der Waals surface area contributed by atoms with Crippen molar-refractivity contribution in [3.8, 4) is 0 Å². The van der Waals surface area contributed by atoms with E-state index in [2.05, 4.69) is 32.6 Å². The molecule has 104 valence electrons. The number of aromatic nitrogens is 3. The number of halogens is 1. The smallest absolute Gasteiger partial charge is 0.264 e. The molecule has 1 aliphatic rings. The van der Waals surface area contributed by atoms with Crippen LogP contribution in [0.3, 0.4) is 0 Å². The fourth-order valence-electron chi connectivity index (χ4n) is 2.77. The maximum atomic E-state index is 12.1. The van der Waals surface area contributed by atoms with Crippen LogP contribution in [0.25, 0.3) is 0 Å². The third kappa shape index (κ3) is 2.92. The summed E-state index contributed by atoms with van der Waals surface area (Å²) < 4.78 is 0.754. The number of hydrogen-bond acceptors (Lipinski definition) is 3. The summed E-state index contributed by atoms with van der Waals surface area (Å²) in [6.45, 7) is 0. The average Bonchev–Trinajstić information content (AvgIpc) is 2.98. The molecule has 1 N–H and O–H groups in total. The lowest BCUT2D eigenvalue weighted by Gasteiger charge is -2.12. The van der Waals surface area contributed by atoms with E-state index in [9.17, 15) is 4.79 Å². The van der Waals surface area contributed by atoms with Crippen molar-refractivity contribution in [2.75, 3.05) is 0 Å². The number of nitrogens with one attached hydrogen (secondary N) is 1. The molecule has 0 unspecified atom stereocenters. The third-order valence-electron chi connectivity index (χ3n) is 3.77. The number of rotatable bonds is 3. The largest absolute Gasteiger partial charge is 0.309 e. The molecule has 5 heteroatoms. The van der Waals surface area contributed by atoms with Crippen LogP contribution in [0.5, 0.6) is 0 Å². The van der Waals surface area contributed by atoms with E-state index in [0.717, 1.165) is 33.5 Å². The van der Waals surface area contributed by atoms with E-state index in [1.807, 2.05) is 18.3 Å². The van der Waals surface area contributed by atoms with Crippen LogP contribution in [0.2, 0.25) is 0 Å². The Morgan fingerprint density at radius 1 is 1.35 bits per heavy atom. The van der Waals surface area contributed by atoms with Gasteiger partial charge in [0.15, 0.2) is 0 Å². The summed E-state index contributed by atoms with van der Waals surface area (Å²) in [5.41, 5.74) is 2.04. The maximum absolute atomic E-state index is 12.1. The molecule has 0 radical (unpaired) electrons. The normalized spacial score (nSPS) is 15.7. The van der Waals surface area contributed by atoms with Gasteiger partial charge in [-0.3, -0.25) is 9.78 Å². The third-order valence-corrected chi connectivity index (χ3v) is 4.82. The molecule has 1 fully saturated rings. The van der Waals surface area contributed by atoms with Crippen molar-refractivity contribution in [3.63, 3.8) is 0 Å². The molecule has 0 amide bonds. The van der Waals surface area contributed by atoms with E-state index < -0.39 is 0 Å². The summed E-state index contributed by atoms with van der Waals surface area (Å²) in [6.07, 6.45) is 8.97. The van der Waals surface area contributed by atoms with Gasteiger partial charge in [0.05, 0.1) is 9.26 Å². The van der Waals surface area contributed by atoms with Gasteiger partial charge in [-0.2, -0.15) is 0 Å². The predicted molar refractivity (Wildman–Crippen MR) is 85.8 cm³/mol. The van der Waals surface area contributed by atoms with E-state index in [1.165, 1.54) is 12.8 Å². The summed E-state index contributed by atoms with van der Waals surface area (Å²) in [5, 5.41) is 0. The molecule has 0 saturated heterocycles. The van der Waals surface area contributed by atoms with Crippen LogP contribution >= 0.6 is 22.6 Å². The lowest BCUT2D eigenvalue weighted by Crippen LogP contribution is -2.19. The molecule has 0 bridgehead atoms.